The maximum Gasteiger partial charge on any atom is 0.170 e. The summed E-state index contributed by atoms with van der Waals surface area (Å²) in [5.74, 6) is 0.171. The topological polar surface area (TPSA) is 34.1 Å². The first-order valence-electron chi connectivity index (χ1n) is 6.90. The Bertz CT molecular complexity index is 668. The summed E-state index contributed by atoms with van der Waals surface area (Å²) in [5, 5.41) is 0. The highest BCUT2D eigenvalue weighted by atomic mass is 16.1. The Labute approximate surface area is 118 Å². The van der Waals surface area contributed by atoms with Crippen LogP contribution in [0.3, 0.4) is 0 Å². The molecular formula is C18H16O2. The van der Waals surface area contributed by atoms with E-state index in [-0.39, 0.29) is 17.5 Å². The highest BCUT2D eigenvalue weighted by Crippen LogP contribution is 2.32. The lowest BCUT2D eigenvalue weighted by Gasteiger charge is -2.23. The average molecular weight is 264 g/mol. The highest BCUT2D eigenvalue weighted by molar-refractivity contribution is 6.03. The zero-order valence-corrected chi connectivity index (χ0v) is 11.4. The van der Waals surface area contributed by atoms with E-state index >= 15 is 0 Å². The molecule has 0 spiro atoms. The molecule has 20 heavy (non-hydrogen) atoms. The van der Waals surface area contributed by atoms with E-state index in [4.69, 9.17) is 0 Å². The lowest BCUT2D eigenvalue weighted by Crippen LogP contribution is -2.20. The number of benzene rings is 2. The van der Waals surface area contributed by atoms with Gasteiger partial charge in [-0.25, -0.2) is 0 Å². The second kappa shape index (κ2) is 5.04. The number of rotatable bonds is 2. The maximum atomic E-state index is 12.6. The molecule has 0 saturated carbocycles. The minimum atomic E-state index is -0.0779. The van der Waals surface area contributed by atoms with Crippen LogP contribution in [0, 0.1) is 0 Å². The summed E-state index contributed by atoms with van der Waals surface area (Å²) in [6.07, 6.45) is 1.77. The zero-order valence-electron chi connectivity index (χ0n) is 11.4. The molecule has 0 heterocycles. The molecule has 2 aromatic carbocycles. The molecule has 0 fully saturated rings. The van der Waals surface area contributed by atoms with Crippen molar-refractivity contribution in [3.8, 4) is 0 Å². The monoisotopic (exact) mass is 264 g/mol. The minimum Gasteiger partial charge on any atom is -0.295 e. The summed E-state index contributed by atoms with van der Waals surface area (Å²) in [4.78, 5) is 23.9. The van der Waals surface area contributed by atoms with Crippen molar-refractivity contribution in [2.75, 3.05) is 0 Å². The largest absolute Gasteiger partial charge is 0.295 e. The van der Waals surface area contributed by atoms with Gasteiger partial charge in [0.15, 0.2) is 11.6 Å². The van der Waals surface area contributed by atoms with Gasteiger partial charge in [0.2, 0.25) is 0 Å². The molecule has 0 saturated heterocycles. The number of carbonyl (C=O) groups is 2. The Morgan fingerprint density at radius 3 is 2.45 bits per heavy atom. The Morgan fingerprint density at radius 2 is 1.75 bits per heavy atom. The summed E-state index contributed by atoms with van der Waals surface area (Å²) in [6.45, 7) is 1.55. The van der Waals surface area contributed by atoms with Gasteiger partial charge in [0.1, 0.15) is 0 Å². The van der Waals surface area contributed by atoms with E-state index < -0.39 is 0 Å². The van der Waals surface area contributed by atoms with E-state index in [2.05, 4.69) is 0 Å². The van der Waals surface area contributed by atoms with E-state index in [1.165, 1.54) is 0 Å². The predicted molar refractivity (Wildman–Crippen MR) is 78.3 cm³/mol. The Hall–Kier alpha value is -2.22. The third-order valence-corrected chi connectivity index (χ3v) is 4.02. The first-order valence-corrected chi connectivity index (χ1v) is 6.90. The molecule has 0 aromatic heterocycles. The van der Waals surface area contributed by atoms with E-state index in [1.807, 2.05) is 48.5 Å². The third-order valence-electron chi connectivity index (χ3n) is 4.02. The summed E-state index contributed by atoms with van der Waals surface area (Å²) in [5.41, 5.74) is 3.69. The van der Waals surface area contributed by atoms with Crippen molar-refractivity contribution >= 4 is 11.6 Å². The van der Waals surface area contributed by atoms with Gasteiger partial charge in [-0.15, -0.1) is 0 Å². The van der Waals surface area contributed by atoms with Crippen LogP contribution in [0.5, 0.6) is 0 Å². The molecule has 1 aliphatic rings. The molecular weight excluding hydrogens is 248 g/mol. The van der Waals surface area contributed by atoms with Gasteiger partial charge >= 0.3 is 0 Å². The fraction of sp³-hybridized carbons (Fsp3) is 0.222. The van der Waals surface area contributed by atoms with Crippen molar-refractivity contribution in [1.82, 2.24) is 0 Å². The van der Waals surface area contributed by atoms with Gasteiger partial charge in [-0.3, -0.25) is 9.59 Å². The van der Waals surface area contributed by atoms with Crippen LogP contribution in [0.1, 0.15) is 51.1 Å². The van der Waals surface area contributed by atoms with Crippen LogP contribution < -0.4 is 0 Å². The summed E-state index contributed by atoms with van der Waals surface area (Å²) in [6, 6.07) is 15.3. The Kier molecular flexibility index (Phi) is 3.23. The van der Waals surface area contributed by atoms with Crippen molar-refractivity contribution < 1.29 is 9.59 Å². The second-order valence-electron chi connectivity index (χ2n) is 5.29. The minimum absolute atomic E-state index is 0.0527. The van der Waals surface area contributed by atoms with Gasteiger partial charge in [-0.2, -0.15) is 0 Å². The molecule has 2 aromatic rings. The first kappa shape index (κ1) is 12.8. The molecule has 2 nitrogen and oxygen atoms in total. The lowest BCUT2D eigenvalue weighted by atomic mass is 9.79. The highest BCUT2D eigenvalue weighted by Gasteiger charge is 2.28. The van der Waals surface area contributed by atoms with Crippen LogP contribution >= 0.6 is 0 Å². The molecule has 0 bridgehead atoms. The number of carbonyl (C=O) groups excluding carboxylic acids is 2. The van der Waals surface area contributed by atoms with E-state index in [1.54, 1.807) is 6.92 Å². The number of aryl methyl sites for hydroxylation is 1. The number of hydrogen-bond acceptors (Lipinski definition) is 2. The normalized spacial score (nSPS) is 17.6. The van der Waals surface area contributed by atoms with Crippen molar-refractivity contribution in [3.05, 3.63) is 70.8 Å². The van der Waals surface area contributed by atoms with Crippen molar-refractivity contribution in [2.45, 2.75) is 25.7 Å². The van der Waals surface area contributed by atoms with Gasteiger partial charge in [0.25, 0.3) is 0 Å². The smallest absolute Gasteiger partial charge is 0.170 e. The van der Waals surface area contributed by atoms with Crippen LogP contribution in [-0.4, -0.2) is 11.6 Å². The molecule has 3 rings (SSSR count). The molecule has 0 amide bonds. The molecule has 0 radical (unpaired) electrons. The molecule has 2 heteroatoms. The van der Waals surface area contributed by atoms with Gasteiger partial charge in [-0.1, -0.05) is 48.5 Å². The summed E-state index contributed by atoms with van der Waals surface area (Å²) >= 11 is 0. The quantitative estimate of drug-likeness (QED) is 0.773. The molecule has 1 atom stereocenters. The van der Waals surface area contributed by atoms with E-state index in [0.717, 1.165) is 29.5 Å². The van der Waals surface area contributed by atoms with Gasteiger partial charge in [0.05, 0.1) is 0 Å². The van der Waals surface area contributed by atoms with Crippen LogP contribution in [0.15, 0.2) is 48.5 Å². The Morgan fingerprint density at radius 1 is 1.05 bits per heavy atom. The van der Waals surface area contributed by atoms with E-state index in [0.29, 0.717) is 5.56 Å². The van der Waals surface area contributed by atoms with Gasteiger partial charge < -0.3 is 0 Å². The lowest BCUT2D eigenvalue weighted by molar-refractivity contribution is 0.0945. The third kappa shape index (κ3) is 2.18. The van der Waals surface area contributed by atoms with Crippen LogP contribution in [-0.2, 0) is 6.42 Å². The summed E-state index contributed by atoms with van der Waals surface area (Å²) in [7, 11) is 0. The molecule has 0 unspecified atom stereocenters. The SMILES string of the molecule is CC(=O)c1ccc([C@@H]2CCc3ccccc3C2=O)cc1. The fourth-order valence-electron chi connectivity index (χ4n) is 2.87. The van der Waals surface area contributed by atoms with Gasteiger partial charge in [-0.05, 0) is 30.9 Å². The number of Topliss-reactive ketones (excluding diaryl/α,β-unsaturated/α-hetero) is 2. The van der Waals surface area contributed by atoms with Crippen molar-refractivity contribution in [3.63, 3.8) is 0 Å². The summed E-state index contributed by atoms with van der Waals surface area (Å²) < 4.78 is 0. The first-order chi connectivity index (χ1) is 9.66. The van der Waals surface area contributed by atoms with Crippen LogP contribution in [0.25, 0.3) is 0 Å². The second-order valence-corrected chi connectivity index (χ2v) is 5.29. The van der Waals surface area contributed by atoms with Crippen molar-refractivity contribution in [1.29, 1.82) is 0 Å². The molecule has 100 valence electrons. The Balaban J connectivity index is 1.92. The molecule has 0 aliphatic heterocycles. The predicted octanol–water partition coefficient (Wildman–Crippen LogP) is 3.80. The molecule has 0 N–H and O–H groups in total. The van der Waals surface area contributed by atoms with E-state index in [9.17, 15) is 9.59 Å². The fourth-order valence-corrected chi connectivity index (χ4v) is 2.87. The van der Waals surface area contributed by atoms with Crippen LogP contribution in [0.4, 0.5) is 0 Å². The van der Waals surface area contributed by atoms with Crippen LogP contribution in [0.2, 0.25) is 0 Å². The number of ketones is 2. The number of hydrogen-bond donors (Lipinski definition) is 0. The molecule has 1 aliphatic carbocycles. The average Bonchev–Trinajstić information content (AvgIpc) is 2.48. The maximum absolute atomic E-state index is 12.6. The number of fused-ring (bicyclic) bond motifs is 1. The zero-order chi connectivity index (χ0) is 14.1. The van der Waals surface area contributed by atoms with Crippen molar-refractivity contribution in [2.24, 2.45) is 0 Å². The standard InChI is InChI=1S/C18H16O2/c1-12(19)13-6-8-15(9-7-13)17-11-10-14-4-2-3-5-16(14)18(17)20/h2-9,17H,10-11H2,1H3/t17-/m0/s1. The van der Waals surface area contributed by atoms with Gasteiger partial charge in [0, 0.05) is 17.0 Å².